The van der Waals surface area contributed by atoms with Gasteiger partial charge in [-0.1, -0.05) is 0 Å². The summed E-state index contributed by atoms with van der Waals surface area (Å²) in [5, 5.41) is 20.2. The highest BCUT2D eigenvalue weighted by Crippen LogP contribution is 2.36. The molecule has 2 saturated heterocycles. The van der Waals surface area contributed by atoms with Crippen LogP contribution in [-0.4, -0.2) is 56.6 Å². The van der Waals surface area contributed by atoms with Gasteiger partial charge < -0.3 is 15.3 Å². The van der Waals surface area contributed by atoms with E-state index in [9.17, 15) is 13.9 Å². The first-order chi connectivity index (χ1) is 14.5. The fourth-order valence-electron chi connectivity index (χ4n) is 4.55. The summed E-state index contributed by atoms with van der Waals surface area (Å²) in [4.78, 5) is 10.6. The molecule has 4 heterocycles. The maximum absolute atomic E-state index is 14.8. The number of anilines is 1. The van der Waals surface area contributed by atoms with Crippen LogP contribution in [0.25, 0.3) is 22.4 Å². The minimum Gasteiger partial charge on any atom is -0.507 e. The Bertz CT molecular complexity index is 1040. The Balaban J connectivity index is 1.39. The molecule has 4 atom stereocenters. The molecule has 0 amide bonds. The van der Waals surface area contributed by atoms with Crippen LogP contribution in [0.5, 0.6) is 5.75 Å². The number of nitrogens with zero attached hydrogens (tertiary/aromatic N) is 4. The predicted molar refractivity (Wildman–Crippen MR) is 108 cm³/mol. The van der Waals surface area contributed by atoms with Gasteiger partial charge in [0.25, 0.3) is 0 Å². The molecular formula is C21H22F2N6O. The van der Waals surface area contributed by atoms with Crippen molar-refractivity contribution >= 4 is 5.82 Å². The lowest BCUT2D eigenvalue weighted by molar-refractivity contribution is 0.176. The number of aromatic hydroxyl groups is 1. The predicted octanol–water partition coefficient (Wildman–Crippen LogP) is 3.05. The molecule has 1 aromatic carbocycles. The maximum Gasteiger partial charge on any atom is 0.147 e. The summed E-state index contributed by atoms with van der Waals surface area (Å²) >= 11 is 0. The Hall–Kier alpha value is -3.07. The molecule has 0 saturated carbocycles. The molecule has 2 aliphatic rings. The molecule has 3 N–H and O–H groups in total. The van der Waals surface area contributed by atoms with E-state index in [4.69, 9.17) is 0 Å². The highest BCUT2D eigenvalue weighted by atomic mass is 19.1. The van der Waals surface area contributed by atoms with E-state index >= 15 is 0 Å². The number of phenols is 1. The van der Waals surface area contributed by atoms with Crippen molar-refractivity contribution in [2.24, 2.45) is 0 Å². The van der Waals surface area contributed by atoms with Crippen molar-refractivity contribution in [1.82, 2.24) is 25.5 Å². The van der Waals surface area contributed by atoms with E-state index in [1.165, 1.54) is 30.7 Å². The Morgan fingerprint density at radius 1 is 1.13 bits per heavy atom. The van der Waals surface area contributed by atoms with Crippen molar-refractivity contribution in [1.29, 1.82) is 0 Å². The summed E-state index contributed by atoms with van der Waals surface area (Å²) < 4.78 is 29.4. The number of alkyl halides is 1. The molecule has 2 fully saturated rings. The van der Waals surface area contributed by atoms with Gasteiger partial charge in [-0.2, -0.15) is 5.10 Å². The molecule has 0 radical (unpaired) electrons. The van der Waals surface area contributed by atoms with Gasteiger partial charge in [-0.15, -0.1) is 0 Å². The molecule has 7 nitrogen and oxygen atoms in total. The molecule has 30 heavy (non-hydrogen) atoms. The number of halogens is 2. The van der Waals surface area contributed by atoms with Gasteiger partial charge in [-0.3, -0.25) is 10.1 Å². The number of aromatic nitrogens is 4. The van der Waals surface area contributed by atoms with Crippen LogP contribution < -0.4 is 10.2 Å². The number of phenolic OH excluding ortho intramolecular Hbond substituents is 1. The van der Waals surface area contributed by atoms with Gasteiger partial charge in [-0.25, -0.2) is 13.8 Å². The Morgan fingerprint density at radius 2 is 2.00 bits per heavy atom. The second-order valence-corrected chi connectivity index (χ2v) is 8.00. The first kappa shape index (κ1) is 18.9. The van der Waals surface area contributed by atoms with Crippen molar-refractivity contribution < 1.29 is 13.9 Å². The Labute approximate surface area is 172 Å². The summed E-state index contributed by atoms with van der Waals surface area (Å²) in [7, 11) is 1.82. The summed E-state index contributed by atoms with van der Waals surface area (Å²) in [5.74, 6) is -0.0675. The minimum absolute atomic E-state index is 0.0999. The molecule has 9 heteroatoms. The lowest BCUT2D eigenvalue weighted by atomic mass is 9.96. The van der Waals surface area contributed by atoms with E-state index in [2.05, 4.69) is 25.5 Å². The third-order valence-corrected chi connectivity index (χ3v) is 6.22. The van der Waals surface area contributed by atoms with Crippen LogP contribution in [0.1, 0.15) is 19.3 Å². The third kappa shape index (κ3) is 3.19. The smallest absolute Gasteiger partial charge is 0.147 e. The van der Waals surface area contributed by atoms with Gasteiger partial charge >= 0.3 is 0 Å². The van der Waals surface area contributed by atoms with E-state index in [0.29, 0.717) is 23.1 Å². The average molecular weight is 412 g/mol. The van der Waals surface area contributed by atoms with Crippen molar-refractivity contribution in [3.8, 4) is 28.1 Å². The number of aromatic amines is 1. The molecule has 5 rings (SSSR count). The number of hydrogen-bond donors (Lipinski definition) is 3. The standard InChI is InChI=1S/C21H22F2N6O/c1-29(18-4-12-2-3-16(28-12)21(18)23)20-10-24-17(9-25-20)14-5-15(22)13(6-19(14)30)11-7-26-27-8-11/h5-10,12,16,18,21,28,30H,2-4H2,1H3,(H,26,27)/t12?,16?,18-,21+/m0/s1. The van der Waals surface area contributed by atoms with Crippen molar-refractivity contribution in [3.63, 3.8) is 0 Å². The number of nitrogens with one attached hydrogen (secondary N) is 2. The van der Waals surface area contributed by atoms with E-state index < -0.39 is 12.0 Å². The van der Waals surface area contributed by atoms with Crippen molar-refractivity contribution in [3.05, 3.63) is 42.7 Å². The molecule has 2 aromatic heterocycles. The quantitative estimate of drug-likeness (QED) is 0.610. The molecule has 2 bridgehead atoms. The van der Waals surface area contributed by atoms with Gasteiger partial charge in [0.15, 0.2) is 0 Å². The number of rotatable bonds is 4. The molecule has 2 aliphatic heterocycles. The van der Waals surface area contributed by atoms with Crippen LogP contribution in [-0.2, 0) is 0 Å². The number of fused-ring (bicyclic) bond motifs is 2. The van der Waals surface area contributed by atoms with Crippen molar-refractivity contribution in [2.75, 3.05) is 11.9 Å². The highest BCUT2D eigenvalue weighted by molar-refractivity contribution is 5.74. The monoisotopic (exact) mass is 412 g/mol. The molecular weight excluding hydrogens is 390 g/mol. The third-order valence-electron chi connectivity index (χ3n) is 6.22. The Kier molecular flexibility index (Phi) is 4.62. The molecule has 0 aliphatic carbocycles. The molecule has 2 unspecified atom stereocenters. The van der Waals surface area contributed by atoms with E-state index in [-0.39, 0.29) is 29.0 Å². The first-order valence-corrected chi connectivity index (χ1v) is 9.98. The number of H-pyrrole nitrogens is 1. The zero-order valence-corrected chi connectivity index (χ0v) is 16.4. The second-order valence-electron chi connectivity index (χ2n) is 8.00. The summed E-state index contributed by atoms with van der Waals surface area (Å²) in [6.07, 6.45) is 7.65. The van der Waals surface area contributed by atoms with Crippen LogP contribution in [0, 0.1) is 5.82 Å². The number of hydrogen-bond acceptors (Lipinski definition) is 6. The van der Waals surface area contributed by atoms with Crippen molar-refractivity contribution in [2.45, 2.75) is 43.6 Å². The van der Waals surface area contributed by atoms with Crippen LogP contribution in [0.15, 0.2) is 36.9 Å². The largest absolute Gasteiger partial charge is 0.507 e. The molecule has 3 aromatic rings. The second kappa shape index (κ2) is 7.32. The van der Waals surface area contributed by atoms with Crippen LogP contribution in [0.3, 0.4) is 0 Å². The van der Waals surface area contributed by atoms with Crippen LogP contribution in [0.4, 0.5) is 14.6 Å². The average Bonchev–Trinajstić information content (AvgIpc) is 3.42. The van der Waals surface area contributed by atoms with Crippen LogP contribution >= 0.6 is 0 Å². The topological polar surface area (TPSA) is 90.0 Å². The van der Waals surface area contributed by atoms with Gasteiger partial charge in [0.1, 0.15) is 23.6 Å². The minimum atomic E-state index is -0.969. The van der Waals surface area contributed by atoms with Gasteiger partial charge in [-0.05, 0) is 31.4 Å². The SMILES string of the molecule is CN(c1cnc(-c2cc(F)c(-c3cn[nH]c3)cc2O)cn1)[C@H]1CC2CCC(N2)[C@H]1F. The van der Waals surface area contributed by atoms with Gasteiger partial charge in [0.05, 0.1) is 30.3 Å². The molecule has 0 spiro atoms. The summed E-state index contributed by atoms with van der Waals surface area (Å²) in [5.41, 5.74) is 1.35. The van der Waals surface area contributed by atoms with E-state index in [0.717, 1.165) is 19.3 Å². The van der Waals surface area contributed by atoms with E-state index in [1.54, 1.807) is 6.20 Å². The lowest BCUT2D eigenvalue weighted by Crippen LogP contribution is -2.55. The zero-order valence-electron chi connectivity index (χ0n) is 16.4. The van der Waals surface area contributed by atoms with Crippen LogP contribution in [0.2, 0.25) is 0 Å². The van der Waals surface area contributed by atoms with Gasteiger partial charge in [0, 0.05) is 42.0 Å². The Morgan fingerprint density at radius 3 is 2.73 bits per heavy atom. The van der Waals surface area contributed by atoms with Gasteiger partial charge in [0.2, 0.25) is 0 Å². The fraction of sp³-hybridized carbons (Fsp3) is 0.381. The first-order valence-electron chi connectivity index (χ1n) is 9.98. The number of piperidine rings is 1. The lowest BCUT2D eigenvalue weighted by Gasteiger charge is -2.38. The summed E-state index contributed by atoms with van der Waals surface area (Å²) in [6, 6.07) is 2.56. The van der Waals surface area contributed by atoms with E-state index in [1.807, 2.05) is 11.9 Å². The number of benzene rings is 1. The normalized spacial score (nSPS) is 25.4. The zero-order chi connectivity index (χ0) is 20.8. The fourth-order valence-corrected chi connectivity index (χ4v) is 4.55. The maximum atomic E-state index is 14.8. The summed E-state index contributed by atoms with van der Waals surface area (Å²) in [6.45, 7) is 0. The highest BCUT2D eigenvalue weighted by Gasteiger charge is 2.43. The molecule has 156 valence electrons.